The molecule has 2 atom stereocenters. The van der Waals surface area contributed by atoms with Gasteiger partial charge in [-0.05, 0) is 61.1 Å². The number of ether oxygens (including phenoxy) is 1. The maximum atomic E-state index is 13.5. The Bertz CT molecular complexity index is 1170. The van der Waals surface area contributed by atoms with E-state index in [0.717, 1.165) is 16.8 Å². The number of hydrogen-bond donors (Lipinski definition) is 1. The van der Waals surface area contributed by atoms with Gasteiger partial charge in [-0.25, -0.2) is 4.79 Å². The lowest BCUT2D eigenvalue weighted by Crippen LogP contribution is -2.36. The minimum atomic E-state index is -0.570. The zero-order valence-electron chi connectivity index (χ0n) is 18.4. The van der Waals surface area contributed by atoms with Crippen LogP contribution < -0.4 is 5.32 Å². The average Bonchev–Trinajstić information content (AvgIpc) is 2.78. The van der Waals surface area contributed by atoms with E-state index < -0.39 is 11.9 Å². The second kappa shape index (κ2) is 9.92. The summed E-state index contributed by atoms with van der Waals surface area (Å²) in [6.45, 7) is 4.09. The highest BCUT2D eigenvalue weighted by molar-refractivity contribution is 6.42. The van der Waals surface area contributed by atoms with Crippen LogP contribution in [0.1, 0.15) is 56.1 Å². The SMILES string of the molecule is CCCOC(=O)C1=C(C)NC2=C(C(=O)CC(c3ccc(Cl)cc3)C2)C1c1ccc(Cl)c(Cl)c1. The van der Waals surface area contributed by atoms with E-state index in [4.69, 9.17) is 39.5 Å². The molecule has 0 saturated heterocycles. The number of benzene rings is 2. The van der Waals surface area contributed by atoms with Gasteiger partial charge in [-0.15, -0.1) is 0 Å². The third kappa shape index (κ3) is 4.84. The van der Waals surface area contributed by atoms with Crippen LogP contribution in [0.3, 0.4) is 0 Å². The number of carbonyl (C=O) groups is 2. The number of carbonyl (C=O) groups excluding carboxylic acids is 2. The standard InChI is InChI=1S/C26H24Cl3NO3/c1-3-10-33-26(32)23-14(2)30-21-12-17(15-4-7-18(27)8-5-15)13-22(31)25(21)24(23)16-6-9-19(28)20(29)11-16/h4-9,11,17,24,30H,3,10,12-13H2,1-2H3. The first-order valence-electron chi connectivity index (χ1n) is 10.9. The minimum Gasteiger partial charge on any atom is -0.462 e. The molecule has 7 heteroatoms. The molecule has 0 amide bonds. The predicted molar refractivity (Wildman–Crippen MR) is 132 cm³/mol. The minimum absolute atomic E-state index is 0.00642. The van der Waals surface area contributed by atoms with Crippen LogP contribution in [-0.2, 0) is 14.3 Å². The molecule has 0 fully saturated rings. The molecule has 1 N–H and O–H groups in total. The van der Waals surface area contributed by atoms with Crippen LogP contribution in [0.2, 0.25) is 15.1 Å². The quantitative estimate of drug-likeness (QED) is 0.447. The number of Topliss-reactive ketones (excluding diaryl/α,β-unsaturated/α-hetero) is 1. The van der Waals surface area contributed by atoms with Gasteiger partial charge in [0.2, 0.25) is 0 Å². The number of dihydropyridines is 1. The Morgan fingerprint density at radius 2 is 1.73 bits per heavy atom. The number of hydrogen-bond acceptors (Lipinski definition) is 4. The zero-order valence-corrected chi connectivity index (χ0v) is 20.7. The Hall–Kier alpha value is -2.27. The third-order valence-corrected chi connectivity index (χ3v) is 7.09. The molecule has 1 heterocycles. The lowest BCUT2D eigenvalue weighted by Gasteiger charge is -2.36. The van der Waals surface area contributed by atoms with Crippen molar-refractivity contribution in [3.63, 3.8) is 0 Å². The Morgan fingerprint density at radius 1 is 1.03 bits per heavy atom. The van der Waals surface area contributed by atoms with E-state index in [1.807, 2.05) is 44.2 Å². The largest absolute Gasteiger partial charge is 0.462 e. The molecule has 1 aliphatic heterocycles. The molecule has 0 bridgehead atoms. The Kier molecular flexibility index (Phi) is 7.18. The van der Waals surface area contributed by atoms with E-state index in [1.54, 1.807) is 12.1 Å². The highest BCUT2D eigenvalue weighted by Gasteiger charge is 2.41. The van der Waals surface area contributed by atoms with E-state index in [0.29, 0.717) is 57.8 Å². The molecule has 2 aromatic rings. The molecule has 4 rings (SSSR count). The van der Waals surface area contributed by atoms with Crippen LogP contribution in [0, 0.1) is 0 Å². The molecule has 0 radical (unpaired) electrons. The van der Waals surface area contributed by atoms with E-state index >= 15 is 0 Å². The Morgan fingerprint density at radius 3 is 2.39 bits per heavy atom. The van der Waals surface area contributed by atoms with Gasteiger partial charge in [-0.2, -0.15) is 0 Å². The van der Waals surface area contributed by atoms with Gasteiger partial charge >= 0.3 is 5.97 Å². The fraction of sp³-hybridized carbons (Fsp3) is 0.308. The van der Waals surface area contributed by atoms with Gasteiger partial charge in [0.25, 0.3) is 0 Å². The molecule has 2 aromatic carbocycles. The Balaban J connectivity index is 1.79. The van der Waals surface area contributed by atoms with Crippen LogP contribution in [0.15, 0.2) is 65.0 Å². The van der Waals surface area contributed by atoms with Crippen molar-refractivity contribution in [1.82, 2.24) is 5.32 Å². The van der Waals surface area contributed by atoms with E-state index in [1.165, 1.54) is 0 Å². The fourth-order valence-corrected chi connectivity index (χ4v) is 5.01. The monoisotopic (exact) mass is 503 g/mol. The number of rotatable bonds is 5. The van der Waals surface area contributed by atoms with Crippen LogP contribution >= 0.6 is 34.8 Å². The van der Waals surface area contributed by atoms with E-state index in [9.17, 15) is 9.59 Å². The van der Waals surface area contributed by atoms with Crippen LogP contribution in [-0.4, -0.2) is 18.4 Å². The predicted octanol–water partition coefficient (Wildman–Crippen LogP) is 6.96. The summed E-state index contributed by atoms with van der Waals surface area (Å²) in [7, 11) is 0. The van der Waals surface area contributed by atoms with Gasteiger partial charge in [0.15, 0.2) is 5.78 Å². The zero-order chi connectivity index (χ0) is 23.7. The summed E-state index contributed by atoms with van der Waals surface area (Å²) in [6, 6.07) is 12.8. The first kappa shape index (κ1) is 23.9. The van der Waals surface area contributed by atoms with Crippen LogP contribution in [0.25, 0.3) is 0 Å². The topological polar surface area (TPSA) is 55.4 Å². The van der Waals surface area contributed by atoms with E-state index in [2.05, 4.69) is 5.32 Å². The molecule has 2 aliphatic rings. The van der Waals surface area contributed by atoms with Crippen molar-refractivity contribution < 1.29 is 14.3 Å². The Labute approximate surface area is 208 Å². The van der Waals surface area contributed by atoms with Gasteiger partial charge in [0, 0.05) is 34.3 Å². The normalized spacial score (nSPS) is 20.5. The summed E-state index contributed by atoms with van der Waals surface area (Å²) in [6.07, 6.45) is 1.70. The van der Waals surface area contributed by atoms with Crippen molar-refractivity contribution in [2.45, 2.75) is 44.9 Å². The van der Waals surface area contributed by atoms with Crippen molar-refractivity contribution in [3.8, 4) is 0 Å². The maximum Gasteiger partial charge on any atom is 0.336 e. The first-order valence-corrected chi connectivity index (χ1v) is 12.0. The second-order valence-corrected chi connectivity index (χ2v) is 9.63. The summed E-state index contributed by atoms with van der Waals surface area (Å²) in [5.41, 5.74) is 4.32. The molecule has 0 spiro atoms. The molecule has 172 valence electrons. The molecule has 0 aromatic heterocycles. The first-order chi connectivity index (χ1) is 15.8. The number of halogens is 3. The summed E-state index contributed by atoms with van der Waals surface area (Å²) in [5.74, 6) is -0.985. The van der Waals surface area contributed by atoms with Crippen molar-refractivity contribution in [2.75, 3.05) is 6.61 Å². The molecule has 33 heavy (non-hydrogen) atoms. The van der Waals surface area contributed by atoms with Crippen molar-refractivity contribution in [2.24, 2.45) is 0 Å². The van der Waals surface area contributed by atoms with Crippen molar-refractivity contribution in [3.05, 3.63) is 91.2 Å². The molecule has 1 aliphatic carbocycles. The van der Waals surface area contributed by atoms with Crippen LogP contribution in [0.4, 0.5) is 0 Å². The number of ketones is 1. The van der Waals surface area contributed by atoms with Gasteiger partial charge < -0.3 is 10.1 Å². The van der Waals surface area contributed by atoms with Gasteiger partial charge in [0.1, 0.15) is 0 Å². The number of nitrogens with one attached hydrogen (secondary N) is 1. The van der Waals surface area contributed by atoms with Gasteiger partial charge in [0.05, 0.1) is 22.2 Å². The molecule has 2 unspecified atom stereocenters. The smallest absolute Gasteiger partial charge is 0.336 e. The fourth-order valence-electron chi connectivity index (χ4n) is 4.58. The van der Waals surface area contributed by atoms with Crippen molar-refractivity contribution in [1.29, 1.82) is 0 Å². The summed E-state index contributed by atoms with van der Waals surface area (Å²) in [4.78, 5) is 26.6. The summed E-state index contributed by atoms with van der Waals surface area (Å²) >= 11 is 18.5. The average molecular weight is 505 g/mol. The molecule has 4 nitrogen and oxygen atoms in total. The van der Waals surface area contributed by atoms with E-state index in [-0.39, 0.29) is 11.7 Å². The number of allylic oxidation sites excluding steroid dienone is 3. The third-order valence-electron chi connectivity index (χ3n) is 6.10. The second-order valence-electron chi connectivity index (χ2n) is 8.38. The number of esters is 1. The molecule has 0 saturated carbocycles. The lowest BCUT2D eigenvalue weighted by molar-refractivity contribution is -0.139. The van der Waals surface area contributed by atoms with Gasteiger partial charge in [-0.3, -0.25) is 4.79 Å². The van der Waals surface area contributed by atoms with Crippen molar-refractivity contribution >= 4 is 46.6 Å². The molecular formula is C26H24Cl3NO3. The van der Waals surface area contributed by atoms with Gasteiger partial charge in [-0.1, -0.05) is 59.9 Å². The molecular weight excluding hydrogens is 481 g/mol. The lowest BCUT2D eigenvalue weighted by atomic mass is 9.72. The highest BCUT2D eigenvalue weighted by Crippen LogP contribution is 2.46. The summed E-state index contributed by atoms with van der Waals surface area (Å²) in [5, 5.41) is 4.79. The summed E-state index contributed by atoms with van der Waals surface area (Å²) < 4.78 is 5.48. The maximum absolute atomic E-state index is 13.5. The highest BCUT2D eigenvalue weighted by atomic mass is 35.5. The van der Waals surface area contributed by atoms with Crippen LogP contribution in [0.5, 0.6) is 0 Å².